The van der Waals surface area contributed by atoms with Crippen LogP contribution in [0.2, 0.25) is 5.02 Å². The first-order chi connectivity index (χ1) is 15.7. The van der Waals surface area contributed by atoms with Gasteiger partial charge in [0.2, 0.25) is 0 Å². The molecular weight excluding hydrogens is 416 g/mol. The van der Waals surface area contributed by atoms with Gasteiger partial charge in [0.25, 0.3) is 0 Å². The molecule has 1 fully saturated rings. The molecule has 1 aliphatic rings. The van der Waals surface area contributed by atoms with Crippen molar-refractivity contribution in [3.05, 3.63) is 96.0 Å². The number of nitrogens with two attached hydrogens (primary N) is 1. The first kappa shape index (κ1) is 20.4. The minimum absolute atomic E-state index is 0.540. The summed E-state index contributed by atoms with van der Waals surface area (Å²) in [6, 6.07) is 31.0. The van der Waals surface area contributed by atoms with Crippen LogP contribution in [0.3, 0.4) is 0 Å². The van der Waals surface area contributed by atoms with Crippen LogP contribution < -0.4 is 15.5 Å². The number of halogens is 1. The van der Waals surface area contributed by atoms with Crippen molar-refractivity contribution in [2.24, 2.45) is 0 Å². The highest BCUT2D eigenvalue weighted by molar-refractivity contribution is 6.33. The molecule has 0 radical (unpaired) electrons. The van der Waals surface area contributed by atoms with E-state index in [0.717, 1.165) is 53.8 Å². The fourth-order valence-corrected chi connectivity index (χ4v) is 4.50. The Bertz CT molecular complexity index is 1200. The Morgan fingerprint density at radius 2 is 1.25 bits per heavy atom. The minimum Gasteiger partial charge on any atom is -0.384 e. The average Bonchev–Trinajstić information content (AvgIpc) is 2.85. The molecule has 1 aromatic heterocycles. The third kappa shape index (κ3) is 4.27. The van der Waals surface area contributed by atoms with Crippen molar-refractivity contribution in [2.75, 3.05) is 41.7 Å². The van der Waals surface area contributed by atoms with Crippen LogP contribution in [-0.2, 0) is 0 Å². The predicted octanol–water partition coefficient (Wildman–Crippen LogP) is 5.98. The van der Waals surface area contributed by atoms with Gasteiger partial charge in [-0.15, -0.1) is 0 Å². The van der Waals surface area contributed by atoms with Crippen LogP contribution in [0.25, 0.3) is 22.4 Å². The second-order valence-corrected chi connectivity index (χ2v) is 8.41. The summed E-state index contributed by atoms with van der Waals surface area (Å²) in [6.07, 6.45) is 0. The van der Waals surface area contributed by atoms with Crippen LogP contribution in [-0.4, -0.2) is 31.2 Å². The summed E-state index contributed by atoms with van der Waals surface area (Å²) in [5.41, 5.74) is 12.8. The lowest BCUT2D eigenvalue weighted by atomic mass is 10.0. The molecule has 2 N–H and O–H groups in total. The van der Waals surface area contributed by atoms with Crippen LogP contribution in [0, 0.1) is 0 Å². The van der Waals surface area contributed by atoms with E-state index >= 15 is 0 Å². The highest BCUT2D eigenvalue weighted by Gasteiger charge is 2.20. The lowest BCUT2D eigenvalue weighted by molar-refractivity contribution is 0.653. The normalized spacial score (nSPS) is 13.9. The van der Waals surface area contributed by atoms with Gasteiger partial charge in [-0.1, -0.05) is 78.3 Å². The van der Waals surface area contributed by atoms with Gasteiger partial charge in [0.1, 0.15) is 5.82 Å². The summed E-state index contributed by atoms with van der Waals surface area (Å²) < 4.78 is 0. The van der Waals surface area contributed by atoms with Gasteiger partial charge in [-0.05, 0) is 29.3 Å². The lowest BCUT2D eigenvalue weighted by Crippen LogP contribution is -2.46. The first-order valence-corrected chi connectivity index (χ1v) is 11.2. The van der Waals surface area contributed by atoms with E-state index in [9.17, 15) is 0 Å². The molecule has 0 unspecified atom stereocenters. The third-order valence-corrected chi connectivity index (χ3v) is 6.28. The zero-order valence-electron chi connectivity index (χ0n) is 17.8. The molecular formula is C27H25ClN4. The van der Waals surface area contributed by atoms with E-state index in [1.54, 1.807) is 0 Å². The number of anilines is 3. The summed E-state index contributed by atoms with van der Waals surface area (Å²) in [5.74, 6) is 0.540. The summed E-state index contributed by atoms with van der Waals surface area (Å²) in [6.45, 7) is 3.63. The second-order valence-electron chi connectivity index (χ2n) is 8.00. The number of aromatic nitrogens is 1. The summed E-state index contributed by atoms with van der Waals surface area (Å²) in [4.78, 5) is 9.31. The molecule has 1 saturated heterocycles. The summed E-state index contributed by atoms with van der Waals surface area (Å²) in [7, 11) is 0. The molecule has 1 aliphatic heterocycles. The van der Waals surface area contributed by atoms with Crippen molar-refractivity contribution < 1.29 is 0 Å². The van der Waals surface area contributed by atoms with Crippen LogP contribution in [0.4, 0.5) is 17.2 Å². The molecule has 3 aromatic carbocycles. The molecule has 0 spiro atoms. The molecule has 5 heteroatoms. The van der Waals surface area contributed by atoms with Crippen molar-refractivity contribution in [3.8, 4) is 22.4 Å². The first-order valence-electron chi connectivity index (χ1n) is 10.9. The van der Waals surface area contributed by atoms with E-state index in [-0.39, 0.29) is 0 Å². The van der Waals surface area contributed by atoms with E-state index < -0.39 is 0 Å². The van der Waals surface area contributed by atoms with Gasteiger partial charge in [0.15, 0.2) is 0 Å². The summed E-state index contributed by atoms with van der Waals surface area (Å²) in [5, 5.41) is 0.801. The van der Waals surface area contributed by atoms with E-state index in [1.807, 2.05) is 30.3 Å². The Hall–Kier alpha value is -3.50. The standard InChI is InChI=1S/C27H25ClN4/c28-24-8-4-5-9-26(24)32-16-14-31(15-17-32)23-18-25(30-27(29)19-23)22-12-10-21(11-13-22)20-6-2-1-3-7-20/h1-13,18-19H,14-17H2,(H2,29,30). The van der Waals surface area contributed by atoms with Crippen LogP contribution in [0.5, 0.6) is 0 Å². The van der Waals surface area contributed by atoms with Gasteiger partial charge in [-0.25, -0.2) is 4.98 Å². The van der Waals surface area contributed by atoms with E-state index in [1.165, 1.54) is 11.1 Å². The largest absolute Gasteiger partial charge is 0.384 e. The zero-order chi connectivity index (χ0) is 21.9. The second kappa shape index (κ2) is 8.93. The maximum Gasteiger partial charge on any atom is 0.126 e. The van der Waals surface area contributed by atoms with Gasteiger partial charge >= 0.3 is 0 Å². The topological polar surface area (TPSA) is 45.4 Å². The molecule has 0 atom stereocenters. The number of rotatable bonds is 4. The molecule has 5 rings (SSSR count). The minimum atomic E-state index is 0.540. The number of hydrogen-bond acceptors (Lipinski definition) is 4. The van der Waals surface area contributed by atoms with Crippen LogP contribution in [0.1, 0.15) is 0 Å². The highest BCUT2D eigenvalue weighted by atomic mass is 35.5. The van der Waals surface area contributed by atoms with Crippen molar-refractivity contribution >= 4 is 28.8 Å². The Morgan fingerprint density at radius 1 is 0.656 bits per heavy atom. The zero-order valence-corrected chi connectivity index (χ0v) is 18.5. The molecule has 0 aliphatic carbocycles. The summed E-state index contributed by atoms with van der Waals surface area (Å²) >= 11 is 6.39. The maximum atomic E-state index is 6.39. The molecule has 0 amide bonds. The van der Waals surface area contributed by atoms with Crippen molar-refractivity contribution in [3.63, 3.8) is 0 Å². The van der Waals surface area contributed by atoms with Crippen molar-refractivity contribution in [1.29, 1.82) is 0 Å². The van der Waals surface area contributed by atoms with E-state index in [0.29, 0.717) is 5.82 Å². The van der Waals surface area contributed by atoms with Crippen molar-refractivity contribution in [1.82, 2.24) is 4.98 Å². The lowest BCUT2D eigenvalue weighted by Gasteiger charge is -2.37. The Morgan fingerprint density at radius 3 is 1.97 bits per heavy atom. The molecule has 160 valence electrons. The Kier molecular flexibility index (Phi) is 5.70. The van der Waals surface area contributed by atoms with Gasteiger partial charge in [-0.2, -0.15) is 0 Å². The van der Waals surface area contributed by atoms with Crippen LogP contribution in [0.15, 0.2) is 91.0 Å². The Balaban J connectivity index is 1.34. The van der Waals surface area contributed by atoms with Gasteiger partial charge in [-0.3, -0.25) is 0 Å². The monoisotopic (exact) mass is 440 g/mol. The molecule has 0 saturated carbocycles. The van der Waals surface area contributed by atoms with E-state index in [4.69, 9.17) is 17.3 Å². The van der Waals surface area contributed by atoms with E-state index in [2.05, 4.69) is 75.4 Å². The number of hydrogen-bond donors (Lipinski definition) is 1. The highest BCUT2D eigenvalue weighted by Crippen LogP contribution is 2.30. The fraction of sp³-hybridized carbons (Fsp3) is 0.148. The predicted molar refractivity (Wildman–Crippen MR) is 135 cm³/mol. The smallest absolute Gasteiger partial charge is 0.126 e. The maximum absolute atomic E-state index is 6.39. The molecule has 4 aromatic rings. The number of benzene rings is 3. The number of piperazine rings is 1. The van der Waals surface area contributed by atoms with Gasteiger partial charge < -0.3 is 15.5 Å². The SMILES string of the molecule is Nc1cc(N2CCN(c3ccccc3Cl)CC2)cc(-c2ccc(-c3ccccc3)cc2)n1. The molecule has 2 heterocycles. The molecule has 0 bridgehead atoms. The number of nitrogen functional groups attached to an aromatic ring is 1. The number of pyridine rings is 1. The van der Waals surface area contributed by atoms with Crippen LogP contribution >= 0.6 is 11.6 Å². The Labute approximate surface area is 193 Å². The number of para-hydroxylation sites is 1. The van der Waals surface area contributed by atoms with Gasteiger partial charge in [0, 0.05) is 43.5 Å². The molecule has 32 heavy (non-hydrogen) atoms. The van der Waals surface area contributed by atoms with Crippen molar-refractivity contribution in [2.45, 2.75) is 0 Å². The van der Waals surface area contributed by atoms with Gasteiger partial charge in [0.05, 0.1) is 16.4 Å². The molecule has 4 nitrogen and oxygen atoms in total. The number of nitrogens with zero attached hydrogens (tertiary/aromatic N) is 3. The fourth-order valence-electron chi connectivity index (χ4n) is 4.25. The quantitative estimate of drug-likeness (QED) is 0.424. The average molecular weight is 441 g/mol. The third-order valence-electron chi connectivity index (χ3n) is 5.96.